The Hall–Kier alpha value is -3.61. The number of hydrogen-bond acceptors (Lipinski definition) is 8. The van der Waals surface area contributed by atoms with Crippen molar-refractivity contribution in [1.29, 1.82) is 0 Å². The van der Waals surface area contributed by atoms with Crippen LogP contribution in [-0.4, -0.2) is 61.6 Å². The fraction of sp³-hybridized carbons (Fsp3) is 0.476. The molecule has 0 aliphatic carbocycles. The number of barbiturate groups is 1. The molecule has 0 radical (unpaired) electrons. The predicted molar refractivity (Wildman–Crippen MR) is 113 cm³/mol. The van der Waals surface area contributed by atoms with Crippen molar-refractivity contribution in [1.82, 2.24) is 16.1 Å². The van der Waals surface area contributed by atoms with Crippen LogP contribution in [0.15, 0.2) is 11.2 Å². The van der Waals surface area contributed by atoms with E-state index in [1.165, 1.54) is 17.9 Å². The molecule has 0 aromatic heterocycles. The van der Waals surface area contributed by atoms with Gasteiger partial charge in [0.15, 0.2) is 17.0 Å². The molecule has 5 amide bonds. The van der Waals surface area contributed by atoms with Gasteiger partial charge in [-0.2, -0.15) is 5.10 Å². The van der Waals surface area contributed by atoms with E-state index in [2.05, 4.69) is 20.5 Å². The quantitative estimate of drug-likeness (QED) is 0.326. The van der Waals surface area contributed by atoms with Crippen LogP contribution in [-0.2, 0) is 25.5 Å². The highest BCUT2D eigenvalue weighted by atomic mass is 19.2. The van der Waals surface area contributed by atoms with Crippen molar-refractivity contribution in [2.45, 2.75) is 45.4 Å². The molecule has 11 nitrogen and oxygen atoms in total. The zero-order valence-electron chi connectivity index (χ0n) is 18.8. The number of hydrazone groups is 1. The van der Waals surface area contributed by atoms with E-state index in [0.717, 1.165) is 7.11 Å². The third-order valence-corrected chi connectivity index (χ3v) is 6.36. The normalized spacial score (nSPS) is 25.8. The molecule has 1 aromatic rings. The highest BCUT2D eigenvalue weighted by molar-refractivity contribution is 6.20. The Labute approximate surface area is 192 Å². The monoisotopic (exact) mass is 479 g/mol. The number of nitrogens with one attached hydrogen (secondary N) is 3. The Morgan fingerprint density at radius 2 is 1.88 bits per heavy atom. The van der Waals surface area contributed by atoms with Crippen LogP contribution >= 0.6 is 0 Å². The summed E-state index contributed by atoms with van der Waals surface area (Å²) in [5, 5.41) is 7.96. The number of anilines is 1. The van der Waals surface area contributed by atoms with Crippen LogP contribution in [0.3, 0.4) is 0 Å². The van der Waals surface area contributed by atoms with Crippen LogP contribution in [0.5, 0.6) is 0 Å². The second kappa shape index (κ2) is 8.31. The van der Waals surface area contributed by atoms with Gasteiger partial charge in [0.2, 0.25) is 11.8 Å². The molecule has 1 spiro atoms. The molecule has 13 heteroatoms. The highest BCUT2D eigenvalue weighted by Crippen LogP contribution is 2.48. The maximum Gasteiger partial charge on any atom is 0.427 e. The zero-order valence-corrected chi connectivity index (χ0v) is 18.8. The molecule has 0 bridgehead atoms. The summed E-state index contributed by atoms with van der Waals surface area (Å²) in [5.41, 5.74) is -0.0747. The van der Waals surface area contributed by atoms with Gasteiger partial charge in [0.1, 0.15) is 0 Å². The van der Waals surface area contributed by atoms with Crippen LogP contribution in [0.4, 0.5) is 24.1 Å². The summed E-state index contributed by atoms with van der Waals surface area (Å²) in [6, 6.07) is -0.677. The van der Waals surface area contributed by atoms with Crippen LogP contribution < -0.4 is 21.0 Å². The number of nitrogens with zero attached hydrogens (tertiary/aromatic N) is 2. The van der Waals surface area contributed by atoms with Gasteiger partial charge in [-0.15, -0.1) is 0 Å². The molecular formula is C21H23F2N5O6. The lowest BCUT2D eigenvalue weighted by atomic mass is 9.66. The molecule has 182 valence electrons. The number of carbonyl (C=O) groups excluding carboxylic acids is 4. The van der Waals surface area contributed by atoms with Crippen LogP contribution in [0, 0.1) is 17.0 Å². The number of hydrogen-bond donors (Lipinski definition) is 3. The summed E-state index contributed by atoms with van der Waals surface area (Å²) in [5.74, 6) is -4.10. The molecule has 4 rings (SSSR count). The molecular weight excluding hydrogens is 456 g/mol. The molecule has 3 aliphatic heterocycles. The smallest absolute Gasteiger partial charge is 0.427 e. The number of urea groups is 1. The average molecular weight is 479 g/mol. The predicted octanol–water partition coefficient (Wildman–Crippen LogP) is 0.935. The first-order chi connectivity index (χ1) is 16.0. The maximum atomic E-state index is 15.5. The Morgan fingerprint density at radius 1 is 1.24 bits per heavy atom. The summed E-state index contributed by atoms with van der Waals surface area (Å²) in [7, 11) is 1.12. The average Bonchev–Trinajstić information content (AvgIpc) is 2.77. The second-order valence-corrected chi connectivity index (χ2v) is 8.49. The van der Waals surface area contributed by atoms with Gasteiger partial charge in [-0.1, -0.05) is 0 Å². The molecule has 34 heavy (non-hydrogen) atoms. The summed E-state index contributed by atoms with van der Waals surface area (Å²) >= 11 is 0. The van der Waals surface area contributed by atoms with Crippen molar-refractivity contribution in [3.8, 4) is 0 Å². The van der Waals surface area contributed by atoms with E-state index in [-0.39, 0.29) is 35.5 Å². The minimum Gasteiger partial charge on any atom is -0.452 e. The third kappa shape index (κ3) is 3.47. The lowest BCUT2D eigenvalue weighted by Gasteiger charge is -2.55. The number of morpholine rings is 1. The standard InChI is InChI=1S/C21H23F2N5O6/c1-8-7-28-15-11(5-12(13(22)14(15)23)9(2)26-27-20(32)33-4)6-21(16(28)10(3)34-8)17(29)24-19(31)25-18(21)30/h5,8,10,16H,6-7H2,1-4H3,(H,27,32)(H2,24,25,29,30,31)/t8-,10+,16-/m1/s1. The summed E-state index contributed by atoms with van der Waals surface area (Å²) in [6.45, 7) is 4.79. The van der Waals surface area contributed by atoms with E-state index in [0.29, 0.717) is 0 Å². The first-order valence-electron chi connectivity index (χ1n) is 10.5. The Morgan fingerprint density at radius 3 is 2.50 bits per heavy atom. The molecule has 0 saturated carbocycles. The minimum absolute atomic E-state index is 0.0720. The van der Waals surface area contributed by atoms with Crippen molar-refractivity contribution in [2.24, 2.45) is 10.5 Å². The van der Waals surface area contributed by atoms with Gasteiger partial charge in [0, 0.05) is 18.5 Å². The van der Waals surface area contributed by atoms with E-state index in [1.54, 1.807) is 13.8 Å². The number of imide groups is 2. The molecule has 3 N–H and O–H groups in total. The number of methoxy groups -OCH3 is 1. The van der Waals surface area contributed by atoms with Gasteiger partial charge in [-0.05, 0) is 32.4 Å². The van der Waals surface area contributed by atoms with Crippen molar-refractivity contribution in [3.63, 3.8) is 0 Å². The van der Waals surface area contributed by atoms with E-state index in [1.807, 2.05) is 5.43 Å². The summed E-state index contributed by atoms with van der Waals surface area (Å²) < 4.78 is 41.0. The van der Waals surface area contributed by atoms with Crippen LogP contribution in [0.1, 0.15) is 31.9 Å². The van der Waals surface area contributed by atoms with E-state index < -0.39 is 59.2 Å². The molecule has 3 aliphatic rings. The number of rotatable bonds is 2. The Bertz CT molecular complexity index is 1120. The minimum atomic E-state index is -1.84. The number of ether oxygens (including phenoxy) is 2. The van der Waals surface area contributed by atoms with Crippen molar-refractivity contribution < 1.29 is 37.4 Å². The van der Waals surface area contributed by atoms with Crippen molar-refractivity contribution in [3.05, 3.63) is 28.8 Å². The fourth-order valence-corrected chi connectivity index (χ4v) is 5.04. The number of carbonyl (C=O) groups is 4. The molecule has 3 atom stereocenters. The lowest BCUT2D eigenvalue weighted by molar-refractivity contribution is -0.153. The molecule has 3 heterocycles. The Kier molecular flexibility index (Phi) is 5.75. The maximum absolute atomic E-state index is 15.5. The summed E-state index contributed by atoms with van der Waals surface area (Å²) in [6.07, 6.45) is -2.37. The van der Waals surface area contributed by atoms with Gasteiger partial charge in [-0.3, -0.25) is 20.2 Å². The molecule has 0 unspecified atom stereocenters. The fourth-order valence-electron chi connectivity index (χ4n) is 5.04. The topological polar surface area (TPSA) is 138 Å². The van der Waals surface area contributed by atoms with E-state index >= 15 is 8.78 Å². The van der Waals surface area contributed by atoms with Crippen molar-refractivity contribution >= 4 is 35.3 Å². The number of halogens is 2. The van der Waals surface area contributed by atoms with Crippen LogP contribution in [0.25, 0.3) is 0 Å². The number of fused-ring (bicyclic) bond motifs is 4. The summed E-state index contributed by atoms with van der Waals surface area (Å²) in [4.78, 5) is 50.8. The second-order valence-electron chi connectivity index (χ2n) is 8.49. The SMILES string of the molecule is COC(=O)NN=C(C)c1cc2c(c(F)c1F)N1C[C@@H](C)O[C@@H](C)[C@@H]1C1(C2)C(=O)NC(=O)NC1=O. The van der Waals surface area contributed by atoms with Gasteiger partial charge in [0.25, 0.3) is 0 Å². The Balaban J connectivity index is 1.90. The number of benzene rings is 1. The van der Waals surface area contributed by atoms with E-state index in [9.17, 15) is 19.2 Å². The van der Waals surface area contributed by atoms with Gasteiger partial charge < -0.3 is 14.4 Å². The van der Waals surface area contributed by atoms with Crippen LogP contribution in [0.2, 0.25) is 0 Å². The third-order valence-electron chi connectivity index (χ3n) is 6.36. The first kappa shape index (κ1) is 23.5. The van der Waals surface area contributed by atoms with Gasteiger partial charge in [-0.25, -0.2) is 23.8 Å². The molecule has 1 aromatic carbocycles. The van der Waals surface area contributed by atoms with E-state index in [4.69, 9.17) is 4.74 Å². The zero-order chi connectivity index (χ0) is 24.9. The van der Waals surface area contributed by atoms with Crippen molar-refractivity contribution in [2.75, 3.05) is 18.6 Å². The van der Waals surface area contributed by atoms with Gasteiger partial charge in [0.05, 0.1) is 36.8 Å². The molecule has 2 saturated heterocycles. The highest BCUT2D eigenvalue weighted by Gasteiger charge is 2.63. The molecule has 2 fully saturated rings. The lowest BCUT2D eigenvalue weighted by Crippen LogP contribution is -2.75. The largest absolute Gasteiger partial charge is 0.452 e. The first-order valence-corrected chi connectivity index (χ1v) is 10.5. The van der Waals surface area contributed by atoms with Gasteiger partial charge >= 0.3 is 12.1 Å². The number of amides is 5.